The molecule has 0 atom stereocenters. The second-order valence-electron chi connectivity index (χ2n) is 9.35. The van der Waals surface area contributed by atoms with Gasteiger partial charge in [-0.2, -0.15) is 0 Å². The van der Waals surface area contributed by atoms with E-state index in [0.29, 0.717) is 0 Å². The molecule has 4 aromatic carbocycles. The molecule has 0 heterocycles. The summed E-state index contributed by atoms with van der Waals surface area (Å²) in [7, 11) is -2.97. The number of benzene rings is 4. The van der Waals surface area contributed by atoms with E-state index in [1.54, 1.807) is 0 Å². The predicted octanol–water partition coefficient (Wildman–Crippen LogP) is 6.60. The van der Waals surface area contributed by atoms with E-state index < -0.39 is 8.32 Å². The third-order valence-electron chi connectivity index (χ3n) is 6.47. The summed E-state index contributed by atoms with van der Waals surface area (Å²) in [6, 6.07) is 45.7. The first-order valence-electron chi connectivity index (χ1n) is 12.6. The second-order valence-corrected chi connectivity index (χ2v) is 18.0. The third-order valence-corrected chi connectivity index (χ3v) is 14.5. The van der Waals surface area contributed by atoms with Gasteiger partial charge in [0.1, 0.15) is 0 Å². The molecule has 35 heavy (non-hydrogen) atoms. The lowest BCUT2D eigenvalue weighted by atomic mass is 10.4. The minimum Gasteiger partial charge on any atom is -0.432 e. The normalized spacial score (nSPS) is 11.8. The van der Waals surface area contributed by atoms with Gasteiger partial charge in [0, 0.05) is 0 Å². The Morgan fingerprint density at radius 3 is 1.00 bits per heavy atom. The summed E-state index contributed by atoms with van der Waals surface area (Å²) >= 11 is 0. The Morgan fingerprint density at radius 1 is 0.486 bits per heavy atom. The summed E-state index contributed by atoms with van der Waals surface area (Å²) < 4.78 is 0. The molecule has 0 aliphatic carbocycles. The summed E-state index contributed by atoms with van der Waals surface area (Å²) in [4.78, 5) is 11.4. The van der Waals surface area contributed by atoms with E-state index in [9.17, 15) is 4.80 Å². The second kappa shape index (κ2) is 13.3. The summed E-state index contributed by atoms with van der Waals surface area (Å²) in [5, 5.41) is 5.75. The maximum atomic E-state index is 11.4. The monoisotopic (exact) mass is 514 g/mol. The zero-order valence-corrected chi connectivity index (χ0v) is 23.4. The van der Waals surface area contributed by atoms with Crippen LogP contribution in [0.25, 0.3) is 0 Å². The molecule has 0 fully saturated rings. The molecule has 0 radical (unpaired) electrons. The van der Waals surface area contributed by atoms with Gasteiger partial charge >= 0.3 is 0 Å². The zero-order chi connectivity index (χ0) is 24.3. The lowest BCUT2D eigenvalue weighted by Crippen LogP contribution is -2.30. The van der Waals surface area contributed by atoms with Crippen molar-refractivity contribution in [3.63, 3.8) is 0 Å². The van der Waals surface area contributed by atoms with Crippen LogP contribution in [0.3, 0.4) is 0 Å². The molecular weight excluding hydrogens is 478 g/mol. The van der Waals surface area contributed by atoms with E-state index in [0.717, 1.165) is 37.3 Å². The Morgan fingerprint density at radius 2 is 0.743 bits per heavy atom. The SMILES string of the molecule is C[Si](O)(CCCP(c1ccccc1)c1ccccc1)CCCP(c1ccccc1)c1ccccc1. The van der Waals surface area contributed by atoms with Gasteiger partial charge in [0.25, 0.3) is 0 Å². The molecule has 0 spiro atoms. The van der Waals surface area contributed by atoms with E-state index >= 15 is 0 Å². The molecular formula is C31H36OP2Si. The van der Waals surface area contributed by atoms with E-state index in [4.69, 9.17) is 0 Å². The minimum atomic E-state index is -2.22. The fourth-order valence-corrected chi connectivity index (χ4v) is 12.0. The Balaban J connectivity index is 1.34. The van der Waals surface area contributed by atoms with Gasteiger partial charge in [0.2, 0.25) is 0 Å². The van der Waals surface area contributed by atoms with Crippen LogP contribution in [-0.2, 0) is 0 Å². The average Bonchev–Trinajstić information content (AvgIpc) is 2.91. The van der Waals surface area contributed by atoms with Crippen molar-refractivity contribution in [3.8, 4) is 0 Å². The van der Waals surface area contributed by atoms with Gasteiger partial charge in [-0.15, -0.1) is 0 Å². The molecule has 0 bridgehead atoms. The first kappa shape index (κ1) is 26.0. The highest BCUT2D eigenvalue weighted by Crippen LogP contribution is 2.37. The molecule has 0 aliphatic rings. The highest BCUT2D eigenvalue weighted by atomic mass is 31.1. The van der Waals surface area contributed by atoms with E-state index in [2.05, 4.69) is 128 Å². The number of rotatable bonds is 12. The van der Waals surface area contributed by atoms with Gasteiger partial charge in [-0.05, 0) is 80.9 Å². The lowest BCUT2D eigenvalue weighted by Gasteiger charge is -2.25. The van der Waals surface area contributed by atoms with Crippen molar-refractivity contribution in [1.82, 2.24) is 0 Å². The van der Waals surface area contributed by atoms with Gasteiger partial charge in [-0.25, -0.2) is 0 Å². The van der Waals surface area contributed by atoms with Crippen molar-refractivity contribution in [3.05, 3.63) is 121 Å². The maximum Gasteiger partial charge on any atom is 0.185 e. The molecule has 0 amide bonds. The molecule has 0 saturated carbocycles. The fourth-order valence-electron chi connectivity index (χ4n) is 4.61. The van der Waals surface area contributed by atoms with Gasteiger partial charge < -0.3 is 4.80 Å². The quantitative estimate of drug-likeness (QED) is 0.167. The largest absolute Gasteiger partial charge is 0.432 e. The van der Waals surface area contributed by atoms with Crippen LogP contribution in [0, 0.1) is 0 Å². The van der Waals surface area contributed by atoms with Crippen LogP contribution in [0.5, 0.6) is 0 Å². The molecule has 0 unspecified atom stereocenters. The van der Waals surface area contributed by atoms with E-state index in [1.165, 1.54) is 21.2 Å². The Labute approximate surface area is 214 Å². The Kier molecular flexibility index (Phi) is 9.87. The lowest BCUT2D eigenvalue weighted by molar-refractivity contribution is 0.532. The maximum absolute atomic E-state index is 11.4. The molecule has 4 heteroatoms. The zero-order valence-electron chi connectivity index (χ0n) is 20.6. The van der Waals surface area contributed by atoms with Gasteiger partial charge in [-0.1, -0.05) is 121 Å². The number of hydrogen-bond acceptors (Lipinski definition) is 1. The minimum absolute atomic E-state index is 0.373. The van der Waals surface area contributed by atoms with Crippen LogP contribution >= 0.6 is 15.8 Å². The van der Waals surface area contributed by atoms with E-state index in [-0.39, 0.29) is 15.8 Å². The highest BCUT2D eigenvalue weighted by molar-refractivity contribution is 7.73. The first-order valence-corrected chi connectivity index (χ1v) is 18.5. The van der Waals surface area contributed by atoms with Crippen molar-refractivity contribution in [2.24, 2.45) is 0 Å². The van der Waals surface area contributed by atoms with Crippen LogP contribution in [0.15, 0.2) is 121 Å². The Bertz CT molecular complexity index is 952. The van der Waals surface area contributed by atoms with Gasteiger partial charge in [0.15, 0.2) is 8.32 Å². The fraction of sp³-hybridized carbons (Fsp3) is 0.226. The molecule has 0 saturated heterocycles. The van der Waals surface area contributed by atoms with Gasteiger partial charge in [0.05, 0.1) is 0 Å². The number of hydrogen-bond donors (Lipinski definition) is 1. The molecule has 4 rings (SSSR count). The predicted molar refractivity (Wildman–Crippen MR) is 161 cm³/mol. The Hall–Kier alpha value is -2.08. The standard InChI is InChI=1S/C31H36OP2Si/c1-35(32,26-14-24-33(28-16-6-2-7-17-28)29-18-8-3-9-19-29)27-15-25-34(30-20-10-4-11-21-30)31-22-12-5-13-23-31/h2-13,16-23,32H,14-15,24-27H2,1H3. The highest BCUT2D eigenvalue weighted by Gasteiger charge is 2.25. The molecule has 1 nitrogen and oxygen atoms in total. The van der Waals surface area contributed by atoms with Crippen LogP contribution in [-0.4, -0.2) is 25.4 Å². The van der Waals surface area contributed by atoms with Crippen molar-refractivity contribution < 1.29 is 4.80 Å². The first-order chi connectivity index (χ1) is 17.1. The van der Waals surface area contributed by atoms with Crippen LogP contribution in [0.2, 0.25) is 18.6 Å². The van der Waals surface area contributed by atoms with Crippen molar-refractivity contribution in [2.45, 2.75) is 31.5 Å². The van der Waals surface area contributed by atoms with Crippen LogP contribution in [0.4, 0.5) is 0 Å². The van der Waals surface area contributed by atoms with Crippen molar-refractivity contribution >= 4 is 45.4 Å². The summed E-state index contributed by atoms with van der Waals surface area (Å²) in [6.07, 6.45) is 4.49. The molecule has 4 aromatic rings. The molecule has 180 valence electrons. The molecule has 0 aromatic heterocycles. The molecule has 0 aliphatic heterocycles. The van der Waals surface area contributed by atoms with Gasteiger partial charge in [-0.3, -0.25) is 0 Å². The summed E-state index contributed by atoms with van der Waals surface area (Å²) in [6.45, 7) is 2.17. The third kappa shape index (κ3) is 7.96. The molecule has 1 N–H and O–H groups in total. The van der Waals surface area contributed by atoms with Crippen molar-refractivity contribution in [1.29, 1.82) is 0 Å². The van der Waals surface area contributed by atoms with Crippen LogP contribution in [0.1, 0.15) is 12.8 Å². The van der Waals surface area contributed by atoms with E-state index in [1.807, 2.05) is 0 Å². The van der Waals surface area contributed by atoms with Crippen molar-refractivity contribution in [2.75, 3.05) is 12.3 Å². The smallest absolute Gasteiger partial charge is 0.185 e. The topological polar surface area (TPSA) is 20.2 Å². The average molecular weight is 515 g/mol. The van der Waals surface area contributed by atoms with Crippen LogP contribution < -0.4 is 21.2 Å². The summed E-state index contributed by atoms with van der Waals surface area (Å²) in [5.41, 5.74) is 0. The summed E-state index contributed by atoms with van der Waals surface area (Å²) in [5.74, 6) is 0.